The average molecular weight is 266 g/mol. The van der Waals surface area contributed by atoms with Gasteiger partial charge in [0, 0.05) is 30.6 Å². The molecule has 0 saturated heterocycles. The quantitative estimate of drug-likeness (QED) is 0.682. The summed E-state index contributed by atoms with van der Waals surface area (Å²) in [6.07, 6.45) is 6.36. The molecular formula is C16H14N2O2. The maximum Gasteiger partial charge on any atom is 0.251 e. The number of amides is 1. The number of carbonyl (C=O) groups is 2. The molecule has 0 spiro atoms. The number of hydrogen-bond donors (Lipinski definition) is 1. The van der Waals surface area contributed by atoms with E-state index in [1.807, 2.05) is 0 Å². The topological polar surface area (TPSA) is 59.1 Å². The van der Waals surface area contributed by atoms with E-state index >= 15 is 0 Å². The van der Waals surface area contributed by atoms with Crippen LogP contribution in [0.15, 0.2) is 54.9 Å². The minimum atomic E-state index is -0.132. The molecule has 0 bridgehead atoms. The summed E-state index contributed by atoms with van der Waals surface area (Å²) in [5.74, 6) is -0.236. The van der Waals surface area contributed by atoms with E-state index in [4.69, 9.17) is 0 Å². The van der Waals surface area contributed by atoms with Crippen LogP contribution in [0.3, 0.4) is 0 Å². The largest absolute Gasteiger partial charge is 0.355 e. The molecule has 4 heteroatoms. The van der Waals surface area contributed by atoms with Crippen LogP contribution in [0.1, 0.15) is 26.3 Å². The number of allylic oxidation sites excluding steroid dienone is 1. The second-order valence-electron chi connectivity index (χ2n) is 4.14. The highest BCUT2D eigenvalue weighted by Gasteiger charge is 2.02. The molecule has 0 unspecified atom stereocenters. The lowest BCUT2D eigenvalue weighted by atomic mass is 10.1. The first-order valence-electron chi connectivity index (χ1n) is 6.15. The number of carbonyl (C=O) groups excluding carboxylic acids is 2. The summed E-state index contributed by atoms with van der Waals surface area (Å²) in [7, 11) is 1.59. The van der Waals surface area contributed by atoms with E-state index in [9.17, 15) is 9.59 Å². The summed E-state index contributed by atoms with van der Waals surface area (Å²) in [6, 6.07) is 10.4. The third-order valence-corrected chi connectivity index (χ3v) is 2.77. The van der Waals surface area contributed by atoms with E-state index in [0.29, 0.717) is 11.1 Å². The van der Waals surface area contributed by atoms with Gasteiger partial charge in [0.2, 0.25) is 0 Å². The lowest BCUT2D eigenvalue weighted by molar-refractivity contribution is 0.0962. The fraction of sp³-hybridized carbons (Fsp3) is 0.0625. The minimum Gasteiger partial charge on any atom is -0.355 e. The molecule has 0 radical (unpaired) electrons. The Morgan fingerprint density at radius 1 is 1.10 bits per heavy atom. The maximum absolute atomic E-state index is 11.8. The van der Waals surface area contributed by atoms with Crippen molar-refractivity contribution in [2.45, 2.75) is 0 Å². The Morgan fingerprint density at radius 3 is 2.45 bits per heavy atom. The first-order valence-corrected chi connectivity index (χ1v) is 6.15. The zero-order chi connectivity index (χ0) is 14.4. The molecule has 2 rings (SSSR count). The zero-order valence-electron chi connectivity index (χ0n) is 11.0. The molecule has 1 aromatic carbocycles. The van der Waals surface area contributed by atoms with Gasteiger partial charge in [0.1, 0.15) is 0 Å². The average Bonchev–Trinajstić information content (AvgIpc) is 2.53. The number of nitrogens with zero attached hydrogens (tertiary/aromatic N) is 1. The number of aromatic nitrogens is 1. The smallest absolute Gasteiger partial charge is 0.251 e. The van der Waals surface area contributed by atoms with Crippen molar-refractivity contribution in [3.8, 4) is 0 Å². The number of ketones is 1. The van der Waals surface area contributed by atoms with Crippen LogP contribution in [-0.2, 0) is 0 Å². The summed E-state index contributed by atoms with van der Waals surface area (Å²) >= 11 is 0. The molecule has 0 fully saturated rings. The van der Waals surface area contributed by atoms with Crippen molar-refractivity contribution in [3.63, 3.8) is 0 Å². The van der Waals surface area contributed by atoms with Crippen molar-refractivity contribution in [2.24, 2.45) is 0 Å². The molecule has 0 saturated carbocycles. The molecule has 0 aliphatic carbocycles. The lowest BCUT2D eigenvalue weighted by Gasteiger charge is -2.00. The van der Waals surface area contributed by atoms with Gasteiger partial charge in [-0.05, 0) is 35.9 Å². The third kappa shape index (κ3) is 3.38. The predicted octanol–water partition coefficient (Wildman–Crippen LogP) is 2.34. The third-order valence-electron chi connectivity index (χ3n) is 2.77. The Balaban J connectivity index is 2.08. The normalized spacial score (nSPS) is 10.4. The predicted molar refractivity (Wildman–Crippen MR) is 77.4 cm³/mol. The van der Waals surface area contributed by atoms with Crippen molar-refractivity contribution in [3.05, 3.63) is 71.6 Å². The first-order chi connectivity index (χ1) is 9.70. The van der Waals surface area contributed by atoms with Gasteiger partial charge < -0.3 is 5.32 Å². The second kappa shape index (κ2) is 6.43. The zero-order valence-corrected chi connectivity index (χ0v) is 11.0. The van der Waals surface area contributed by atoms with Gasteiger partial charge in [-0.25, -0.2) is 0 Å². The minimum absolute atomic E-state index is 0.103. The molecule has 0 aliphatic heterocycles. The van der Waals surface area contributed by atoms with E-state index in [0.717, 1.165) is 5.56 Å². The Hall–Kier alpha value is -2.75. The van der Waals surface area contributed by atoms with Crippen LogP contribution in [0.2, 0.25) is 0 Å². The highest BCUT2D eigenvalue weighted by molar-refractivity contribution is 6.06. The van der Waals surface area contributed by atoms with E-state index in [2.05, 4.69) is 10.3 Å². The molecule has 100 valence electrons. The van der Waals surface area contributed by atoms with Crippen LogP contribution in [-0.4, -0.2) is 23.7 Å². The van der Waals surface area contributed by atoms with E-state index in [-0.39, 0.29) is 11.7 Å². The number of rotatable bonds is 4. The monoisotopic (exact) mass is 266 g/mol. The summed E-state index contributed by atoms with van der Waals surface area (Å²) in [4.78, 5) is 27.1. The van der Waals surface area contributed by atoms with Gasteiger partial charge in [0.15, 0.2) is 5.78 Å². The molecule has 20 heavy (non-hydrogen) atoms. The van der Waals surface area contributed by atoms with Gasteiger partial charge in [0.05, 0.1) is 0 Å². The number of pyridine rings is 1. The number of nitrogens with one attached hydrogen (secondary N) is 1. The summed E-state index contributed by atoms with van der Waals surface area (Å²) in [5, 5.41) is 2.55. The van der Waals surface area contributed by atoms with Gasteiger partial charge in [-0.1, -0.05) is 18.2 Å². The molecule has 0 aliphatic rings. The Morgan fingerprint density at radius 2 is 1.85 bits per heavy atom. The van der Waals surface area contributed by atoms with Crippen molar-refractivity contribution in [2.75, 3.05) is 7.05 Å². The maximum atomic E-state index is 11.8. The fourth-order valence-electron chi connectivity index (χ4n) is 1.67. The standard InChI is InChI=1S/C16H14N2O2/c1-17-16(20)13-7-4-12(5-8-13)6-9-15(19)14-3-2-10-18-11-14/h2-11H,1H3,(H,17,20). The van der Waals surface area contributed by atoms with Crippen LogP contribution < -0.4 is 5.32 Å². The van der Waals surface area contributed by atoms with Crippen LogP contribution in [0.5, 0.6) is 0 Å². The van der Waals surface area contributed by atoms with Crippen LogP contribution in [0, 0.1) is 0 Å². The summed E-state index contributed by atoms with van der Waals surface area (Å²) < 4.78 is 0. The molecule has 0 atom stereocenters. The Labute approximate surface area is 117 Å². The molecular weight excluding hydrogens is 252 g/mol. The number of benzene rings is 1. The van der Waals surface area contributed by atoms with Gasteiger partial charge >= 0.3 is 0 Å². The van der Waals surface area contributed by atoms with Gasteiger partial charge in [0.25, 0.3) is 5.91 Å². The second-order valence-corrected chi connectivity index (χ2v) is 4.14. The molecule has 1 amide bonds. The van der Waals surface area contributed by atoms with Gasteiger partial charge in [-0.2, -0.15) is 0 Å². The Bertz CT molecular complexity index is 631. The summed E-state index contributed by atoms with van der Waals surface area (Å²) in [5.41, 5.74) is 1.99. The highest BCUT2D eigenvalue weighted by Crippen LogP contribution is 2.07. The van der Waals surface area contributed by atoms with Crippen molar-refractivity contribution in [1.29, 1.82) is 0 Å². The van der Waals surface area contributed by atoms with E-state index < -0.39 is 0 Å². The van der Waals surface area contributed by atoms with Crippen molar-refractivity contribution < 1.29 is 9.59 Å². The highest BCUT2D eigenvalue weighted by atomic mass is 16.1. The van der Waals surface area contributed by atoms with Gasteiger partial charge in [-0.3, -0.25) is 14.6 Å². The molecule has 4 nitrogen and oxygen atoms in total. The van der Waals surface area contributed by atoms with E-state index in [1.165, 1.54) is 12.3 Å². The molecule has 1 N–H and O–H groups in total. The fourth-order valence-corrected chi connectivity index (χ4v) is 1.67. The molecule has 1 heterocycles. The number of hydrogen-bond acceptors (Lipinski definition) is 3. The first kappa shape index (κ1) is 13.7. The SMILES string of the molecule is CNC(=O)c1ccc(C=CC(=O)c2cccnc2)cc1. The van der Waals surface area contributed by atoms with Crippen molar-refractivity contribution >= 4 is 17.8 Å². The van der Waals surface area contributed by atoms with Crippen LogP contribution >= 0.6 is 0 Å². The summed E-state index contributed by atoms with van der Waals surface area (Å²) in [6.45, 7) is 0. The lowest BCUT2D eigenvalue weighted by Crippen LogP contribution is -2.17. The molecule has 2 aromatic rings. The van der Waals surface area contributed by atoms with Crippen LogP contribution in [0.4, 0.5) is 0 Å². The van der Waals surface area contributed by atoms with Gasteiger partial charge in [-0.15, -0.1) is 0 Å². The van der Waals surface area contributed by atoms with E-state index in [1.54, 1.807) is 55.7 Å². The Kier molecular flexibility index (Phi) is 4.39. The van der Waals surface area contributed by atoms with Crippen LogP contribution in [0.25, 0.3) is 6.08 Å². The van der Waals surface area contributed by atoms with Crippen molar-refractivity contribution in [1.82, 2.24) is 10.3 Å². The molecule has 1 aromatic heterocycles.